The van der Waals surface area contributed by atoms with E-state index in [4.69, 9.17) is 0 Å². The zero-order valence-corrected chi connectivity index (χ0v) is 13.7. The molecule has 1 fully saturated rings. The Morgan fingerprint density at radius 1 is 1.26 bits per heavy atom. The van der Waals surface area contributed by atoms with E-state index < -0.39 is 0 Å². The molecule has 1 aromatic rings. The standard InChI is InChI=1S/C14H23N3S2/c1-9(2)15-5-12-6-16-14(17-7-12)13-8-18-10(3)11(4)19-13/h6-7,9-11,13,15H,5,8H2,1-4H3. The fraction of sp³-hybridized carbons (Fsp3) is 0.714. The molecular weight excluding hydrogens is 274 g/mol. The fourth-order valence-corrected chi connectivity index (χ4v) is 4.72. The minimum atomic E-state index is 0.448. The Morgan fingerprint density at radius 3 is 2.53 bits per heavy atom. The lowest BCUT2D eigenvalue weighted by Crippen LogP contribution is -2.24. The average molecular weight is 297 g/mol. The predicted octanol–water partition coefficient (Wildman–Crippen LogP) is 3.27. The lowest BCUT2D eigenvalue weighted by atomic mass is 10.3. The Hall–Kier alpha value is -0.260. The number of nitrogens with one attached hydrogen (secondary N) is 1. The molecule has 0 spiro atoms. The number of hydrogen-bond acceptors (Lipinski definition) is 5. The quantitative estimate of drug-likeness (QED) is 0.923. The van der Waals surface area contributed by atoms with Crippen LogP contribution >= 0.6 is 23.5 Å². The first kappa shape index (κ1) is 15.1. The van der Waals surface area contributed by atoms with Crippen LogP contribution in [0.2, 0.25) is 0 Å². The molecule has 0 amide bonds. The molecule has 106 valence electrons. The summed E-state index contributed by atoms with van der Waals surface area (Å²) in [6, 6.07) is 0.493. The summed E-state index contributed by atoms with van der Waals surface area (Å²) in [5, 5.41) is 5.24. The van der Waals surface area contributed by atoms with E-state index in [0.29, 0.717) is 16.5 Å². The second-order valence-electron chi connectivity index (χ2n) is 5.35. The largest absolute Gasteiger partial charge is 0.310 e. The van der Waals surface area contributed by atoms with Crippen molar-refractivity contribution in [1.82, 2.24) is 15.3 Å². The van der Waals surface area contributed by atoms with Crippen molar-refractivity contribution >= 4 is 23.5 Å². The Bertz CT molecular complexity index is 394. The van der Waals surface area contributed by atoms with E-state index in [2.05, 4.69) is 43.0 Å². The molecule has 0 saturated carbocycles. The Balaban J connectivity index is 1.94. The second-order valence-corrected chi connectivity index (χ2v) is 8.35. The molecule has 19 heavy (non-hydrogen) atoms. The maximum absolute atomic E-state index is 4.55. The van der Waals surface area contributed by atoms with Crippen LogP contribution in [0.4, 0.5) is 0 Å². The van der Waals surface area contributed by atoms with Gasteiger partial charge in [0.25, 0.3) is 0 Å². The molecular formula is C14H23N3S2. The van der Waals surface area contributed by atoms with E-state index in [9.17, 15) is 0 Å². The van der Waals surface area contributed by atoms with Gasteiger partial charge >= 0.3 is 0 Å². The van der Waals surface area contributed by atoms with Crippen LogP contribution in [0.25, 0.3) is 0 Å². The summed E-state index contributed by atoms with van der Waals surface area (Å²) < 4.78 is 0. The molecule has 1 saturated heterocycles. The van der Waals surface area contributed by atoms with Gasteiger partial charge in [0.2, 0.25) is 0 Å². The van der Waals surface area contributed by atoms with Gasteiger partial charge in [-0.2, -0.15) is 11.8 Å². The van der Waals surface area contributed by atoms with Crippen molar-refractivity contribution in [1.29, 1.82) is 0 Å². The summed E-state index contributed by atoms with van der Waals surface area (Å²) in [7, 11) is 0. The highest BCUT2D eigenvalue weighted by Crippen LogP contribution is 2.42. The van der Waals surface area contributed by atoms with Crippen LogP contribution in [-0.4, -0.2) is 32.3 Å². The van der Waals surface area contributed by atoms with Crippen LogP contribution in [0.15, 0.2) is 12.4 Å². The fourth-order valence-electron chi connectivity index (χ4n) is 1.86. The molecule has 5 heteroatoms. The van der Waals surface area contributed by atoms with Gasteiger partial charge in [-0.3, -0.25) is 0 Å². The first-order chi connectivity index (χ1) is 9.06. The summed E-state index contributed by atoms with van der Waals surface area (Å²) in [5.74, 6) is 2.12. The topological polar surface area (TPSA) is 37.8 Å². The van der Waals surface area contributed by atoms with E-state index in [1.807, 2.05) is 35.9 Å². The average Bonchev–Trinajstić information content (AvgIpc) is 2.40. The Kier molecular flexibility index (Phi) is 5.54. The first-order valence-electron chi connectivity index (χ1n) is 6.87. The van der Waals surface area contributed by atoms with Gasteiger partial charge in [-0.15, -0.1) is 11.8 Å². The predicted molar refractivity (Wildman–Crippen MR) is 85.7 cm³/mol. The van der Waals surface area contributed by atoms with Crippen molar-refractivity contribution in [3.05, 3.63) is 23.8 Å². The van der Waals surface area contributed by atoms with Gasteiger partial charge in [-0.1, -0.05) is 27.7 Å². The molecule has 2 rings (SSSR count). The van der Waals surface area contributed by atoms with Crippen molar-refractivity contribution in [3.63, 3.8) is 0 Å². The summed E-state index contributed by atoms with van der Waals surface area (Å²) in [6.45, 7) is 9.74. The lowest BCUT2D eigenvalue weighted by molar-refractivity contribution is 0.586. The van der Waals surface area contributed by atoms with Crippen LogP contribution in [0, 0.1) is 0 Å². The van der Waals surface area contributed by atoms with E-state index in [0.717, 1.165) is 28.9 Å². The monoisotopic (exact) mass is 297 g/mol. The molecule has 3 atom stereocenters. The molecule has 2 heterocycles. The normalized spacial score (nSPS) is 27.7. The van der Waals surface area contributed by atoms with Gasteiger partial charge in [0, 0.05) is 46.8 Å². The van der Waals surface area contributed by atoms with E-state index in [1.165, 1.54) is 0 Å². The summed E-state index contributed by atoms with van der Waals surface area (Å²) in [6.07, 6.45) is 3.93. The van der Waals surface area contributed by atoms with Gasteiger partial charge in [-0.05, 0) is 0 Å². The van der Waals surface area contributed by atoms with Crippen LogP contribution in [0.3, 0.4) is 0 Å². The third-order valence-corrected chi connectivity index (χ3v) is 6.66. The highest BCUT2D eigenvalue weighted by molar-refractivity contribution is 8.07. The summed E-state index contributed by atoms with van der Waals surface area (Å²) in [5.41, 5.74) is 1.16. The van der Waals surface area contributed by atoms with Crippen molar-refractivity contribution in [2.45, 2.75) is 56.0 Å². The van der Waals surface area contributed by atoms with Gasteiger partial charge in [0.15, 0.2) is 0 Å². The number of aromatic nitrogens is 2. The van der Waals surface area contributed by atoms with Crippen LogP contribution in [0.5, 0.6) is 0 Å². The molecule has 1 aromatic heterocycles. The lowest BCUT2D eigenvalue weighted by Gasteiger charge is -2.30. The molecule has 1 aliphatic rings. The van der Waals surface area contributed by atoms with E-state index in [1.54, 1.807) is 0 Å². The smallest absolute Gasteiger partial charge is 0.142 e. The summed E-state index contributed by atoms with van der Waals surface area (Å²) in [4.78, 5) is 9.11. The number of rotatable bonds is 4. The van der Waals surface area contributed by atoms with Crippen LogP contribution in [-0.2, 0) is 6.54 Å². The SMILES string of the molecule is CC(C)NCc1cnc(C2CSC(C)C(C)S2)nc1. The molecule has 0 aromatic carbocycles. The van der Waals surface area contributed by atoms with Crippen molar-refractivity contribution in [3.8, 4) is 0 Å². The first-order valence-corrected chi connectivity index (χ1v) is 8.86. The van der Waals surface area contributed by atoms with Gasteiger partial charge in [-0.25, -0.2) is 9.97 Å². The van der Waals surface area contributed by atoms with Gasteiger partial charge in [0.1, 0.15) is 5.82 Å². The zero-order valence-electron chi connectivity index (χ0n) is 12.1. The molecule has 3 unspecified atom stereocenters. The number of nitrogens with zero attached hydrogens (tertiary/aromatic N) is 2. The maximum atomic E-state index is 4.55. The van der Waals surface area contributed by atoms with Crippen LogP contribution in [0.1, 0.15) is 44.3 Å². The third-order valence-electron chi connectivity index (χ3n) is 3.28. The van der Waals surface area contributed by atoms with Crippen molar-refractivity contribution in [2.24, 2.45) is 0 Å². The third kappa shape index (κ3) is 4.36. The minimum Gasteiger partial charge on any atom is -0.310 e. The molecule has 0 bridgehead atoms. The second kappa shape index (κ2) is 6.95. The van der Waals surface area contributed by atoms with E-state index >= 15 is 0 Å². The Labute approximate surface area is 124 Å². The number of hydrogen-bond donors (Lipinski definition) is 1. The Morgan fingerprint density at radius 2 is 1.95 bits per heavy atom. The van der Waals surface area contributed by atoms with Crippen LogP contribution < -0.4 is 5.32 Å². The highest BCUT2D eigenvalue weighted by Gasteiger charge is 2.28. The molecule has 1 aliphatic heterocycles. The zero-order chi connectivity index (χ0) is 13.8. The summed E-state index contributed by atoms with van der Waals surface area (Å²) >= 11 is 4.04. The minimum absolute atomic E-state index is 0.448. The molecule has 1 N–H and O–H groups in total. The number of thioether (sulfide) groups is 2. The maximum Gasteiger partial charge on any atom is 0.142 e. The molecule has 0 radical (unpaired) electrons. The van der Waals surface area contributed by atoms with E-state index in [-0.39, 0.29) is 0 Å². The molecule has 3 nitrogen and oxygen atoms in total. The van der Waals surface area contributed by atoms with Gasteiger partial charge < -0.3 is 5.32 Å². The van der Waals surface area contributed by atoms with Crippen molar-refractivity contribution in [2.75, 3.05) is 5.75 Å². The van der Waals surface area contributed by atoms with Crippen molar-refractivity contribution < 1.29 is 0 Å². The molecule has 0 aliphatic carbocycles. The highest BCUT2D eigenvalue weighted by atomic mass is 32.2. The van der Waals surface area contributed by atoms with Gasteiger partial charge in [0.05, 0.1) is 5.25 Å².